The standard InChI is InChI=1S/C10H10O5S/c11-10(12)8-6-5-7-3-1-2-4-9(7)16(13,14)15-8/h1-4,8H,5-6H2,(H,11,12). The van der Waals surface area contributed by atoms with Crippen LogP contribution in [0.3, 0.4) is 0 Å². The summed E-state index contributed by atoms with van der Waals surface area (Å²) < 4.78 is 28.1. The lowest BCUT2D eigenvalue weighted by Gasteiger charge is -2.08. The molecule has 1 unspecified atom stereocenters. The molecule has 1 aromatic rings. The summed E-state index contributed by atoms with van der Waals surface area (Å²) in [4.78, 5) is 10.8. The van der Waals surface area contributed by atoms with Gasteiger partial charge < -0.3 is 5.11 Å². The fourth-order valence-corrected chi connectivity index (χ4v) is 2.98. The van der Waals surface area contributed by atoms with Gasteiger partial charge in [-0.05, 0) is 24.5 Å². The quantitative estimate of drug-likeness (QED) is 0.736. The van der Waals surface area contributed by atoms with Gasteiger partial charge in [0.1, 0.15) is 0 Å². The first-order valence-electron chi connectivity index (χ1n) is 4.75. The lowest BCUT2D eigenvalue weighted by molar-refractivity contribution is -0.145. The second-order valence-corrected chi connectivity index (χ2v) is 5.06. The fraction of sp³-hybridized carbons (Fsp3) is 0.300. The number of aliphatic carboxylic acids is 1. The van der Waals surface area contributed by atoms with Crippen LogP contribution in [-0.2, 0) is 25.5 Å². The maximum Gasteiger partial charge on any atom is 0.334 e. The fourth-order valence-electron chi connectivity index (χ4n) is 1.66. The van der Waals surface area contributed by atoms with Gasteiger partial charge in [0.25, 0.3) is 10.1 Å². The van der Waals surface area contributed by atoms with Gasteiger partial charge in [0.2, 0.25) is 0 Å². The Kier molecular flexibility index (Phi) is 2.69. The first-order valence-corrected chi connectivity index (χ1v) is 6.15. The molecule has 0 amide bonds. The van der Waals surface area contributed by atoms with Crippen LogP contribution in [0.4, 0.5) is 0 Å². The molecule has 0 saturated heterocycles. The van der Waals surface area contributed by atoms with E-state index in [4.69, 9.17) is 5.11 Å². The number of carboxylic acid groups (broad SMARTS) is 1. The minimum Gasteiger partial charge on any atom is -0.479 e. The van der Waals surface area contributed by atoms with E-state index < -0.39 is 22.2 Å². The summed E-state index contributed by atoms with van der Waals surface area (Å²) in [5.74, 6) is -1.25. The van der Waals surface area contributed by atoms with Gasteiger partial charge in [-0.25, -0.2) is 4.79 Å². The van der Waals surface area contributed by atoms with Crippen molar-refractivity contribution in [3.05, 3.63) is 29.8 Å². The highest BCUT2D eigenvalue weighted by Gasteiger charge is 2.31. The predicted octanol–water partition coefficient (Wildman–Crippen LogP) is 0.791. The largest absolute Gasteiger partial charge is 0.479 e. The summed E-state index contributed by atoms with van der Waals surface area (Å²) in [6.07, 6.45) is -0.754. The Morgan fingerprint density at radius 2 is 2.06 bits per heavy atom. The van der Waals surface area contributed by atoms with Gasteiger partial charge in [0.15, 0.2) is 6.10 Å². The summed E-state index contributed by atoms with van der Waals surface area (Å²) in [6, 6.07) is 6.39. The van der Waals surface area contributed by atoms with Crippen molar-refractivity contribution in [2.24, 2.45) is 0 Å². The summed E-state index contributed by atoms with van der Waals surface area (Å²) in [6.45, 7) is 0. The van der Waals surface area contributed by atoms with E-state index in [0.717, 1.165) is 0 Å². The van der Waals surface area contributed by atoms with Crippen LogP contribution in [0, 0.1) is 0 Å². The number of fused-ring (bicyclic) bond motifs is 1. The second kappa shape index (κ2) is 3.88. The molecule has 5 nitrogen and oxygen atoms in total. The van der Waals surface area contributed by atoms with Crippen molar-refractivity contribution in [1.82, 2.24) is 0 Å². The SMILES string of the molecule is O=C(O)C1CCc2ccccc2S(=O)(=O)O1. The highest BCUT2D eigenvalue weighted by Crippen LogP contribution is 2.25. The topological polar surface area (TPSA) is 80.7 Å². The second-order valence-electron chi connectivity index (χ2n) is 3.52. The molecule has 1 aliphatic rings. The van der Waals surface area contributed by atoms with Crippen molar-refractivity contribution < 1.29 is 22.5 Å². The molecular formula is C10H10O5S. The van der Waals surface area contributed by atoms with Crippen LogP contribution < -0.4 is 0 Å². The van der Waals surface area contributed by atoms with Crippen LogP contribution in [0.2, 0.25) is 0 Å². The van der Waals surface area contributed by atoms with Crippen LogP contribution in [0.25, 0.3) is 0 Å². The average molecular weight is 242 g/mol. The van der Waals surface area contributed by atoms with Gasteiger partial charge in [-0.1, -0.05) is 18.2 Å². The monoisotopic (exact) mass is 242 g/mol. The van der Waals surface area contributed by atoms with Gasteiger partial charge in [0, 0.05) is 0 Å². The average Bonchev–Trinajstić information content (AvgIpc) is 2.36. The van der Waals surface area contributed by atoms with Gasteiger partial charge in [0.05, 0.1) is 4.90 Å². The molecule has 1 aliphatic heterocycles. The Bertz CT molecular complexity index is 520. The van der Waals surface area contributed by atoms with E-state index in [2.05, 4.69) is 4.18 Å². The molecule has 6 heteroatoms. The van der Waals surface area contributed by atoms with Crippen LogP contribution in [0.5, 0.6) is 0 Å². The zero-order valence-electron chi connectivity index (χ0n) is 8.29. The van der Waals surface area contributed by atoms with Gasteiger partial charge in [-0.2, -0.15) is 8.42 Å². The van der Waals surface area contributed by atoms with E-state index in [9.17, 15) is 13.2 Å². The minimum atomic E-state index is -3.95. The zero-order valence-corrected chi connectivity index (χ0v) is 9.11. The van der Waals surface area contributed by atoms with Crippen LogP contribution in [-0.4, -0.2) is 25.6 Å². The van der Waals surface area contributed by atoms with Crippen molar-refractivity contribution >= 4 is 16.1 Å². The molecule has 1 aromatic carbocycles. The molecule has 86 valence electrons. The number of hydrogen-bond acceptors (Lipinski definition) is 4. The van der Waals surface area contributed by atoms with E-state index >= 15 is 0 Å². The Morgan fingerprint density at radius 3 is 2.75 bits per heavy atom. The summed E-state index contributed by atoms with van der Waals surface area (Å²) >= 11 is 0. The first kappa shape index (κ1) is 11.1. The van der Waals surface area contributed by atoms with Gasteiger partial charge in [-0.15, -0.1) is 0 Å². The lowest BCUT2D eigenvalue weighted by Crippen LogP contribution is -2.25. The lowest BCUT2D eigenvalue weighted by atomic mass is 10.1. The van der Waals surface area contributed by atoms with Crippen LogP contribution >= 0.6 is 0 Å². The molecule has 1 atom stereocenters. The summed E-state index contributed by atoms with van der Waals surface area (Å²) in [5.41, 5.74) is 0.603. The number of carbonyl (C=O) groups is 1. The molecule has 0 aliphatic carbocycles. The Hall–Kier alpha value is -1.40. The van der Waals surface area contributed by atoms with Gasteiger partial charge >= 0.3 is 5.97 Å². The maximum absolute atomic E-state index is 11.7. The van der Waals surface area contributed by atoms with E-state index in [1.807, 2.05) is 0 Å². The molecule has 0 spiro atoms. The number of hydrogen-bond donors (Lipinski definition) is 1. The molecule has 0 saturated carbocycles. The maximum atomic E-state index is 11.7. The van der Waals surface area contributed by atoms with Crippen LogP contribution in [0.15, 0.2) is 29.2 Å². The Morgan fingerprint density at radius 1 is 1.38 bits per heavy atom. The van der Waals surface area contributed by atoms with Crippen molar-refractivity contribution in [1.29, 1.82) is 0 Å². The summed E-state index contributed by atoms with van der Waals surface area (Å²) in [7, 11) is -3.95. The van der Waals surface area contributed by atoms with E-state index in [1.165, 1.54) is 6.07 Å². The van der Waals surface area contributed by atoms with Crippen molar-refractivity contribution in [3.63, 3.8) is 0 Å². The van der Waals surface area contributed by atoms with Crippen molar-refractivity contribution in [2.45, 2.75) is 23.8 Å². The van der Waals surface area contributed by atoms with E-state index in [1.54, 1.807) is 18.2 Å². The molecule has 2 rings (SSSR count). The van der Waals surface area contributed by atoms with E-state index in [-0.39, 0.29) is 11.3 Å². The third kappa shape index (κ3) is 1.94. The van der Waals surface area contributed by atoms with Crippen LogP contribution in [0.1, 0.15) is 12.0 Å². The minimum absolute atomic E-state index is 0.0683. The Balaban J connectivity index is 2.48. The number of aryl methyl sites for hydroxylation is 1. The molecule has 16 heavy (non-hydrogen) atoms. The molecule has 1 N–H and O–H groups in total. The molecule has 0 bridgehead atoms. The molecule has 0 aromatic heterocycles. The van der Waals surface area contributed by atoms with Crippen molar-refractivity contribution in [2.75, 3.05) is 0 Å². The smallest absolute Gasteiger partial charge is 0.334 e. The first-order chi connectivity index (χ1) is 7.50. The Labute approximate surface area is 92.8 Å². The third-order valence-corrected chi connectivity index (χ3v) is 3.86. The molecule has 0 radical (unpaired) electrons. The molecule has 1 heterocycles. The zero-order chi connectivity index (χ0) is 11.8. The highest BCUT2D eigenvalue weighted by molar-refractivity contribution is 7.86. The van der Waals surface area contributed by atoms with E-state index in [0.29, 0.717) is 12.0 Å². The van der Waals surface area contributed by atoms with Gasteiger partial charge in [-0.3, -0.25) is 4.18 Å². The predicted molar refractivity (Wildman–Crippen MR) is 54.5 cm³/mol. The number of rotatable bonds is 1. The van der Waals surface area contributed by atoms with Crippen molar-refractivity contribution in [3.8, 4) is 0 Å². The molecular weight excluding hydrogens is 232 g/mol. The number of carboxylic acids is 1. The highest BCUT2D eigenvalue weighted by atomic mass is 32.2. The third-order valence-electron chi connectivity index (χ3n) is 2.44. The normalized spacial score (nSPS) is 23.1. The molecule has 0 fully saturated rings. The number of benzene rings is 1. The summed E-state index contributed by atoms with van der Waals surface area (Å²) in [5, 5.41) is 8.79.